The number of carbonyl (C=O) groups is 2. The molecule has 2 aromatic carbocycles. The highest BCUT2D eigenvalue weighted by atomic mass is 16.6. The first-order chi connectivity index (χ1) is 14.7. The standard InChI is InChI=1S/C22H25N3O5/c26-21(25-15-7-8-19-20(12-15)30-11-10-29-19)14-23-18-6-2-1-5-17(18)22(27)24-13-16-4-3-9-28-16/h1-2,5-8,12,16,23H,3-4,9-11,13-14H2,(H,24,27)(H,25,26)/t16-/m0/s1. The van der Waals surface area contributed by atoms with Crippen molar-refractivity contribution in [1.29, 1.82) is 0 Å². The van der Waals surface area contributed by atoms with Crippen LogP contribution in [0.5, 0.6) is 11.5 Å². The molecular formula is C22H25N3O5. The van der Waals surface area contributed by atoms with Crippen LogP contribution in [0.4, 0.5) is 11.4 Å². The molecule has 30 heavy (non-hydrogen) atoms. The molecule has 4 rings (SSSR count). The highest BCUT2D eigenvalue weighted by Crippen LogP contribution is 2.32. The second-order valence-corrected chi connectivity index (χ2v) is 7.15. The molecule has 0 aliphatic carbocycles. The summed E-state index contributed by atoms with van der Waals surface area (Å²) in [4.78, 5) is 24.9. The molecule has 1 atom stereocenters. The number of ether oxygens (including phenoxy) is 3. The molecule has 0 aromatic heterocycles. The van der Waals surface area contributed by atoms with E-state index < -0.39 is 0 Å². The van der Waals surface area contributed by atoms with E-state index in [0.29, 0.717) is 48.2 Å². The predicted molar refractivity (Wildman–Crippen MR) is 112 cm³/mol. The van der Waals surface area contributed by atoms with Crippen LogP contribution >= 0.6 is 0 Å². The van der Waals surface area contributed by atoms with Gasteiger partial charge in [-0.1, -0.05) is 12.1 Å². The van der Waals surface area contributed by atoms with Crippen LogP contribution in [0.2, 0.25) is 0 Å². The molecule has 0 saturated carbocycles. The summed E-state index contributed by atoms with van der Waals surface area (Å²) in [5, 5.41) is 8.77. The van der Waals surface area contributed by atoms with Gasteiger partial charge in [-0.25, -0.2) is 0 Å². The van der Waals surface area contributed by atoms with Crippen molar-refractivity contribution in [2.24, 2.45) is 0 Å². The minimum Gasteiger partial charge on any atom is -0.486 e. The first-order valence-electron chi connectivity index (χ1n) is 10.1. The lowest BCUT2D eigenvalue weighted by molar-refractivity contribution is -0.114. The van der Waals surface area contributed by atoms with Crippen LogP contribution in [-0.2, 0) is 9.53 Å². The Labute approximate surface area is 174 Å². The van der Waals surface area contributed by atoms with Crippen molar-refractivity contribution in [3.8, 4) is 11.5 Å². The van der Waals surface area contributed by atoms with Gasteiger partial charge in [0.15, 0.2) is 11.5 Å². The van der Waals surface area contributed by atoms with Gasteiger partial charge in [0.25, 0.3) is 5.91 Å². The van der Waals surface area contributed by atoms with Crippen molar-refractivity contribution in [2.75, 3.05) is 43.5 Å². The Balaban J connectivity index is 1.32. The lowest BCUT2D eigenvalue weighted by Gasteiger charge is -2.19. The van der Waals surface area contributed by atoms with Crippen LogP contribution in [0.15, 0.2) is 42.5 Å². The summed E-state index contributed by atoms with van der Waals surface area (Å²) in [5.41, 5.74) is 1.70. The number of benzene rings is 2. The summed E-state index contributed by atoms with van der Waals surface area (Å²) >= 11 is 0. The van der Waals surface area contributed by atoms with Gasteiger partial charge < -0.3 is 30.2 Å². The van der Waals surface area contributed by atoms with Crippen molar-refractivity contribution in [3.05, 3.63) is 48.0 Å². The van der Waals surface area contributed by atoms with Crippen LogP contribution < -0.4 is 25.4 Å². The number of para-hydroxylation sites is 1. The van der Waals surface area contributed by atoms with E-state index in [-0.39, 0.29) is 24.5 Å². The number of hydrogen-bond acceptors (Lipinski definition) is 6. The summed E-state index contributed by atoms with van der Waals surface area (Å²) in [7, 11) is 0. The van der Waals surface area contributed by atoms with Gasteiger partial charge in [0.1, 0.15) is 13.2 Å². The first kappa shape index (κ1) is 20.0. The molecule has 2 aromatic rings. The summed E-state index contributed by atoms with van der Waals surface area (Å²) in [6, 6.07) is 12.4. The maximum absolute atomic E-state index is 12.6. The molecule has 2 aliphatic heterocycles. The molecule has 0 spiro atoms. The molecule has 3 N–H and O–H groups in total. The molecule has 0 unspecified atom stereocenters. The average Bonchev–Trinajstić information content (AvgIpc) is 3.30. The maximum Gasteiger partial charge on any atom is 0.253 e. The smallest absolute Gasteiger partial charge is 0.253 e. The maximum atomic E-state index is 12.6. The van der Waals surface area contributed by atoms with Gasteiger partial charge >= 0.3 is 0 Å². The van der Waals surface area contributed by atoms with E-state index in [1.165, 1.54) is 0 Å². The number of anilines is 2. The van der Waals surface area contributed by atoms with Gasteiger partial charge in [0.05, 0.1) is 18.2 Å². The molecule has 1 fully saturated rings. The van der Waals surface area contributed by atoms with E-state index in [2.05, 4.69) is 16.0 Å². The normalized spacial score (nSPS) is 17.3. The monoisotopic (exact) mass is 411 g/mol. The molecule has 2 amide bonds. The Morgan fingerprint density at radius 3 is 2.67 bits per heavy atom. The Morgan fingerprint density at radius 2 is 1.83 bits per heavy atom. The number of amides is 2. The van der Waals surface area contributed by atoms with E-state index in [4.69, 9.17) is 14.2 Å². The molecule has 8 nitrogen and oxygen atoms in total. The zero-order chi connectivity index (χ0) is 20.8. The number of fused-ring (bicyclic) bond motifs is 1. The zero-order valence-corrected chi connectivity index (χ0v) is 16.6. The minimum atomic E-state index is -0.235. The molecule has 158 valence electrons. The number of nitrogens with one attached hydrogen (secondary N) is 3. The first-order valence-corrected chi connectivity index (χ1v) is 10.1. The van der Waals surface area contributed by atoms with E-state index in [9.17, 15) is 9.59 Å². The van der Waals surface area contributed by atoms with Crippen molar-refractivity contribution in [1.82, 2.24) is 5.32 Å². The van der Waals surface area contributed by atoms with E-state index in [1.807, 2.05) is 6.07 Å². The number of carbonyl (C=O) groups excluding carboxylic acids is 2. The third-order valence-corrected chi connectivity index (χ3v) is 4.95. The SMILES string of the molecule is O=C(CNc1ccccc1C(=O)NC[C@@H]1CCCO1)Nc1ccc2c(c1)OCCO2. The average molecular weight is 411 g/mol. The van der Waals surface area contributed by atoms with Crippen molar-refractivity contribution >= 4 is 23.2 Å². The zero-order valence-electron chi connectivity index (χ0n) is 16.6. The third-order valence-electron chi connectivity index (χ3n) is 4.95. The fraction of sp³-hybridized carbons (Fsp3) is 0.364. The predicted octanol–water partition coefficient (Wildman–Crippen LogP) is 2.42. The quantitative estimate of drug-likeness (QED) is 0.647. The van der Waals surface area contributed by atoms with Crippen LogP contribution in [-0.4, -0.2) is 50.8 Å². The van der Waals surface area contributed by atoms with Gasteiger partial charge in [-0.05, 0) is 37.1 Å². The van der Waals surface area contributed by atoms with Gasteiger partial charge in [-0.2, -0.15) is 0 Å². The molecular weight excluding hydrogens is 386 g/mol. The van der Waals surface area contributed by atoms with Crippen LogP contribution in [0.25, 0.3) is 0 Å². The van der Waals surface area contributed by atoms with Gasteiger partial charge in [-0.3, -0.25) is 9.59 Å². The molecule has 1 saturated heterocycles. The molecule has 2 heterocycles. The fourth-order valence-electron chi connectivity index (χ4n) is 3.44. The lowest BCUT2D eigenvalue weighted by atomic mass is 10.1. The molecule has 0 bridgehead atoms. The lowest BCUT2D eigenvalue weighted by Crippen LogP contribution is -2.32. The Bertz CT molecular complexity index is 911. The van der Waals surface area contributed by atoms with Crippen molar-refractivity contribution < 1.29 is 23.8 Å². The Hall–Kier alpha value is -3.26. The number of hydrogen-bond donors (Lipinski definition) is 3. The van der Waals surface area contributed by atoms with Crippen molar-refractivity contribution in [3.63, 3.8) is 0 Å². The topological polar surface area (TPSA) is 97.9 Å². The molecule has 2 aliphatic rings. The largest absolute Gasteiger partial charge is 0.486 e. The third kappa shape index (κ3) is 5.01. The highest BCUT2D eigenvalue weighted by Gasteiger charge is 2.18. The number of rotatable bonds is 7. The van der Waals surface area contributed by atoms with E-state index >= 15 is 0 Å². The van der Waals surface area contributed by atoms with Crippen LogP contribution in [0.1, 0.15) is 23.2 Å². The minimum absolute atomic E-state index is 0.0183. The highest BCUT2D eigenvalue weighted by molar-refractivity contribution is 6.01. The van der Waals surface area contributed by atoms with Crippen molar-refractivity contribution in [2.45, 2.75) is 18.9 Å². The molecule has 8 heteroatoms. The summed E-state index contributed by atoms with van der Waals surface area (Å²) in [6.45, 7) is 2.25. The Kier molecular flexibility index (Phi) is 6.34. The van der Waals surface area contributed by atoms with Crippen LogP contribution in [0, 0.1) is 0 Å². The summed E-state index contributed by atoms with van der Waals surface area (Å²) < 4.78 is 16.6. The fourth-order valence-corrected chi connectivity index (χ4v) is 3.44. The van der Waals surface area contributed by atoms with Crippen LogP contribution in [0.3, 0.4) is 0 Å². The van der Waals surface area contributed by atoms with Gasteiger partial charge in [0, 0.05) is 30.6 Å². The second-order valence-electron chi connectivity index (χ2n) is 7.15. The second kappa shape index (κ2) is 9.49. The summed E-state index contributed by atoms with van der Waals surface area (Å²) in [6.07, 6.45) is 2.06. The van der Waals surface area contributed by atoms with Gasteiger partial charge in [-0.15, -0.1) is 0 Å². The summed E-state index contributed by atoms with van der Waals surface area (Å²) in [5.74, 6) is 0.850. The van der Waals surface area contributed by atoms with Gasteiger partial charge in [0.2, 0.25) is 5.91 Å². The molecule has 0 radical (unpaired) electrons. The Morgan fingerprint density at radius 1 is 1.00 bits per heavy atom. The van der Waals surface area contributed by atoms with E-state index in [1.54, 1.807) is 36.4 Å². The van der Waals surface area contributed by atoms with E-state index in [0.717, 1.165) is 19.4 Å².